The number of nitrogens with two attached hydrogens (primary N) is 1. The number of carbonyl (C=O) groups excluding carboxylic acids is 2. The zero-order valence-corrected chi connectivity index (χ0v) is 18.9. The summed E-state index contributed by atoms with van der Waals surface area (Å²) in [5, 5.41) is 4.23. The van der Waals surface area contributed by atoms with E-state index in [4.69, 9.17) is 5.73 Å². The molecule has 0 aliphatic carbocycles. The molecule has 0 unspecified atom stereocenters. The number of hydrogen-bond acceptors (Lipinski definition) is 5. The van der Waals surface area contributed by atoms with Gasteiger partial charge in [-0.05, 0) is 42.8 Å². The molecule has 2 aromatic heterocycles. The highest BCUT2D eigenvalue weighted by Crippen LogP contribution is 2.36. The number of Topliss-reactive ketones (excluding diaryl/α,β-unsaturated/α-hetero) is 1. The summed E-state index contributed by atoms with van der Waals surface area (Å²) >= 11 is 0. The number of anilines is 2. The first-order valence-electron chi connectivity index (χ1n) is 9.99. The number of rotatable bonds is 5. The van der Waals surface area contributed by atoms with E-state index in [-0.39, 0.29) is 61.0 Å². The Balaban J connectivity index is 0.00000324. The molecule has 1 amide bonds. The summed E-state index contributed by atoms with van der Waals surface area (Å²) < 4.78 is 54.3. The average Bonchev–Trinajstić information content (AvgIpc) is 3.19. The van der Waals surface area contributed by atoms with Gasteiger partial charge in [-0.3, -0.25) is 14.3 Å². The Morgan fingerprint density at radius 3 is 2.62 bits per heavy atom. The van der Waals surface area contributed by atoms with E-state index in [1.54, 1.807) is 13.0 Å². The number of benzene rings is 1. The number of alkyl halides is 4. The van der Waals surface area contributed by atoms with Crippen LogP contribution in [0.25, 0.3) is 0 Å². The van der Waals surface area contributed by atoms with Gasteiger partial charge in [0.15, 0.2) is 5.78 Å². The normalized spacial score (nSPS) is 15.6. The Labute approximate surface area is 199 Å². The maximum atomic E-state index is 13.4. The van der Waals surface area contributed by atoms with E-state index < -0.39 is 29.9 Å². The fourth-order valence-electron chi connectivity index (χ4n) is 3.93. The number of halogens is 4. The van der Waals surface area contributed by atoms with Gasteiger partial charge in [-0.1, -0.05) is 0 Å². The monoisotopic (exact) mass is 495 g/mol. The van der Waals surface area contributed by atoms with Gasteiger partial charge < -0.3 is 10.6 Å². The van der Waals surface area contributed by atoms with Crippen molar-refractivity contribution in [3.63, 3.8) is 0 Å². The highest BCUT2D eigenvalue weighted by Gasteiger charge is 2.36. The summed E-state index contributed by atoms with van der Waals surface area (Å²) in [6, 6.07) is 5.70. The van der Waals surface area contributed by atoms with Crippen LogP contribution < -0.4 is 10.6 Å². The smallest absolute Gasteiger partial charge is 0.383 e. The Morgan fingerprint density at radius 2 is 1.97 bits per heavy atom. The van der Waals surface area contributed by atoms with Crippen LogP contribution in [0.1, 0.15) is 50.5 Å². The number of fused-ring (bicyclic) bond motifs is 1. The van der Waals surface area contributed by atoms with Crippen molar-refractivity contribution in [1.82, 2.24) is 14.8 Å². The van der Waals surface area contributed by atoms with E-state index in [0.717, 1.165) is 18.2 Å². The molecule has 3 heterocycles. The lowest BCUT2D eigenvalue weighted by molar-refractivity contribution is -0.138. The van der Waals surface area contributed by atoms with Crippen molar-refractivity contribution in [3.8, 4) is 0 Å². The molecule has 0 bridgehead atoms. The second-order valence-corrected chi connectivity index (χ2v) is 7.74. The molecule has 1 aromatic carbocycles. The van der Waals surface area contributed by atoms with Crippen molar-refractivity contribution in [3.05, 3.63) is 70.7 Å². The molecule has 34 heavy (non-hydrogen) atoms. The fraction of sp³-hybridized carbons (Fsp3) is 0.273. The van der Waals surface area contributed by atoms with Gasteiger partial charge in [0.25, 0.3) is 5.91 Å². The first-order chi connectivity index (χ1) is 15.6. The quantitative estimate of drug-likeness (QED) is 0.425. The highest BCUT2D eigenvalue weighted by molar-refractivity contribution is 7.59. The van der Waals surface area contributed by atoms with Gasteiger partial charge in [0.2, 0.25) is 0 Å². The van der Waals surface area contributed by atoms with E-state index in [2.05, 4.69) is 10.1 Å². The van der Waals surface area contributed by atoms with Gasteiger partial charge in [-0.25, -0.2) is 9.37 Å². The molecule has 0 radical (unpaired) electrons. The lowest BCUT2D eigenvalue weighted by atomic mass is 10.0. The van der Waals surface area contributed by atoms with Crippen LogP contribution in [0.15, 0.2) is 42.7 Å². The predicted molar refractivity (Wildman–Crippen MR) is 122 cm³/mol. The number of hydrogen-bond donors (Lipinski definition) is 1. The van der Waals surface area contributed by atoms with Crippen LogP contribution in [0, 0.1) is 0 Å². The van der Waals surface area contributed by atoms with Crippen LogP contribution in [0.2, 0.25) is 0 Å². The maximum absolute atomic E-state index is 13.4. The van der Waals surface area contributed by atoms with Crippen LogP contribution >= 0.6 is 13.5 Å². The summed E-state index contributed by atoms with van der Waals surface area (Å²) in [7, 11) is 0. The third kappa shape index (κ3) is 4.49. The molecule has 12 heteroatoms. The molecule has 2 N–H and O–H groups in total. The van der Waals surface area contributed by atoms with E-state index in [1.807, 2.05) is 0 Å². The average molecular weight is 496 g/mol. The van der Waals surface area contributed by atoms with Crippen LogP contribution in [0.4, 0.5) is 29.1 Å². The number of amides is 1. The largest absolute Gasteiger partial charge is 0.416 e. The van der Waals surface area contributed by atoms with Crippen LogP contribution in [0.3, 0.4) is 0 Å². The summed E-state index contributed by atoms with van der Waals surface area (Å²) in [5.74, 6) is -0.839. The molecule has 1 aliphatic heterocycles. The van der Waals surface area contributed by atoms with Crippen molar-refractivity contribution in [2.45, 2.75) is 32.2 Å². The van der Waals surface area contributed by atoms with Crippen LogP contribution in [-0.4, -0.2) is 33.0 Å². The Morgan fingerprint density at radius 1 is 1.24 bits per heavy atom. The lowest BCUT2D eigenvalue weighted by Gasteiger charge is -2.33. The highest BCUT2D eigenvalue weighted by atomic mass is 32.1. The zero-order valence-electron chi connectivity index (χ0n) is 17.9. The Kier molecular flexibility index (Phi) is 7.01. The van der Waals surface area contributed by atoms with Gasteiger partial charge in [0.1, 0.15) is 18.2 Å². The third-order valence-corrected chi connectivity index (χ3v) is 5.52. The van der Waals surface area contributed by atoms with Crippen LogP contribution in [-0.2, 0) is 19.3 Å². The molecule has 1 aliphatic rings. The molecular formula is C22H21F4N5O2S. The van der Waals surface area contributed by atoms with Gasteiger partial charge in [0, 0.05) is 30.4 Å². The van der Waals surface area contributed by atoms with E-state index in [0.29, 0.717) is 5.56 Å². The Hall–Kier alpha value is -3.41. The van der Waals surface area contributed by atoms with Gasteiger partial charge in [-0.2, -0.15) is 31.8 Å². The molecule has 4 rings (SSSR count). The molecule has 0 fully saturated rings. The van der Waals surface area contributed by atoms with E-state index in [9.17, 15) is 27.2 Å². The van der Waals surface area contributed by atoms with Crippen molar-refractivity contribution in [2.75, 3.05) is 17.2 Å². The number of aromatic nitrogens is 3. The fourth-order valence-corrected chi connectivity index (χ4v) is 3.93. The predicted octanol–water partition coefficient (Wildman–Crippen LogP) is 4.11. The summed E-state index contributed by atoms with van der Waals surface area (Å²) in [5.41, 5.74) is 4.96. The number of pyridine rings is 1. The maximum Gasteiger partial charge on any atom is 0.416 e. The second kappa shape index (κ2) is 9.45. The summed E-state index contributed by atoms with van der Waals surface area (Å²) in [6.07, 6.45) is -2.01. The minimum Gasteiger partial charge on any atom is -0.383 e. The van der Waals surface area contributed by atoms with Gasteiger partial charge in [0.05, 0.1) is 23.4 Å². The van der Waals surface area contributed by atoms with Crippen LogP contribution in [0.5, 0.6) is 0 Å². The lowest BCUT2D eigenvalue weighted by Crippen LogP contribution is -2.43. The number of carbonyl (C=O) groups is 2. The van der Waals surface area contributed by atoms with Crippen molar-refractivity contribution >= 4 is 36.7 Å². The molecule has 1 atom stereocenters. The second-order valence-electron chi connectivity index (χ2n) is 7.74. The number of ketones is 1. The third-order valence-electron chi connectivity index (χ3n) is 5.52. The molecule has 0 spiro atoms. The van der Waals surface area contributed by atoms with Gasteiger partial charge in [-0.15, -0.1) is 0 Å². The zero-order chi connectivity index (χ0) is 23.9. The number of nitrogen functional groups attached to an aromatic ring is 1. The summed E-state index contributed by atoms with van der Waals surface area (Å²) in [6.45, 7) is 0.568. The number of nitrogens with zero attached hydrogens (tertiary/aromatic N) is 4. The first kappa shape index (κ1) is 25.2. The van der Waals surface area contributed by atoms with Crippen molar-refractivity contribution < 1.29 is 27.2 Å². The van der Waals surface area contributed by atoms with E-state index >= 15 is 0 Å². The minimum atomic E-state index is -4.71. The molecule has 7 nitrogen and oxygen atoms in total. The van der Waals surface area contributed by atoms with Crippen molar-refractivity contribution in [2.24, 2.45) is 0 Å². The molecule has 180 valence electrons. The molecular weight excluding hydrogens is 474 g/mol. The summed E-state index contributed by atoms with van der Waals surface area (Å²) in [4.78, 5) is 31.2. The molecule has 3 aromatic rings. The first-order valence-corrected chi connectivity index (χ1v) is 9.99. The standard InChI is InChI=1S/C22H19F4N5O2.H2S/c1-12-11-30(15-4-5-17(22(24,25)26)13(7-15)9-23)21(33)19-14(10-29-31(12)19)8-18(32)16-3-2-6-28-20(16)27;/h2-7,10,12H,8-9,11H2,1H3,(H2,27,28);1H2/t12-;/m0./s1. The molecule has 0 saturated carbocycles. The van der Waals surface area contributed by atoms with E-state index in [1.165, 1.54) is 28.0 Å². The topological polar surface area (TPSA) is 94.1 Å². The Bertz CT molecular complexity index is 1240. The minimum absolute atomic E-state index is 0. The molecule has 0 saturated heterocycles. The van der Waals surface area contributed by atoms with Gasteiger partial charge >= 0.3 is 6.18 Å². The SMILES string of the molecule is C[C@H]1CN(c2ccc(C(F)(F)F)c(CF)c2)C(=O)c2c(CC(=O)c3cccnc3N)cnn21.S. The van der Waals surface area contributed by atoms with Crippen molar-refractivity contribution in [1.29, 1.82) is 0 Å².